The molecule has 1 aromatic carbocycles. The van der Waals surface area contributed by atoms with Crippen LogP contribution in [0.4, 0.5) is 15.2 Å². The molecule has 0 aliphatic carbocycles. The highest BCUT2D eigenvalue weighted by Crippen LogP contribution is 2.38. The number of nitrogens with two attached hydrogens (primary N) is 1. The second kappa shape index (κ2) is 9.13. The maximum absolute atomic E-state index is 14.7. The first kappa shape index (κ1) is 20.9. The van der Waals surface area contributed by atoms with E-state index >= 15 is 0 Å². The predicted octanol–water partition coefficient (Wildman–Crippen LogP) is 3.86. The normalized spacial score (nSPS) is 12.0. The van der Waals surface area contributed by atoms with Crippen LogP contribution >= 0.6 is 11.3 Å². The molecule has 6 nitrogen and oxygen atoms in total. The average molecular weight is 415 g/mol. The zero-order valence-electron chi connectivity index (χ0n) is 16.1. The van der Waals surface area contributed by atoms with Crippen LogP contribution in [0.2, 0.25) is 0 Å². The summed E-state index contributed by atoms with van der Waals surface area (Å²) >= 11 is 1.22. The number of carbonyl (C=O) groups is 1. The van der Waals surface area contributed by atoms with E-state index in [1.807, 2.05) is 12.1 Å². The lowest BCUT2D eigenvalue weighted by Crippen LogP contribution is -2.11. The molecule has 1 unspecified atom stereocenters. The van der Waals surface area contributed by atoms with Gasteiger partial charge in [-0.15, -0.1) is 11.3 Å². The number of benzene rings is 1. The minimum Gasteiger partial charge on any atom is -0.393 e. The molecule has 2 aromatic heterocycles. The Kier molecular flexibility index (Phi) is 6.58. The Hall–Kier alpha value is -2.81. The second-order valence-corrected chi connectivity index (χ2v) is 7.71. The Bertz CT molecular complexity index is 1020. The monoisotopic (exact) mass is 415 g/mol. The van der Waals surface area contributed by atoms with Crippen LogP contribution in [0.15, 0.2) is 42.5 Å². The van der Waals surface area contributed by atoms with E-state index in [0.717, 1.165) is 5.69 Å². The number of primary amides is 1. The first-order valence-corrected chi connectivity index (χ1v) is 9.81. The third-order valence-electron chi connectivity index (χ3n) is 4.17. The number of aromatic nitrogens is 1. The lowest BCUT2D eigenvalue weighted by Gasteiger charge is -2.07. The Morgan fingerprint density at radius 3 is 2.79 bits per heavy atom. The van der Waals surface area contributed by atoms with Gasteiger partial charge in [0.25, 0.3) is 5.91 Å². The van der Waals surface area contributed by atoms with Crippen LogP contribution in [0.1, 0.15) is 28.5 Å². The molecule has 3 rings (SSSR count). The number of anilines is 2. The molecule has 0 saturated carbocycles. The number of hydrogen-bond donors (Lipinski definition) is 3. The number of methoxy groups -OCH3 is 1. The Labute approximate surface area is 172 Å². The number of aliphatic hydroxyl groups excluding tert-OH is 1. The minimum absolute atomic E-state index is 0.261. The summed E-state index contributed by atoms with van der Waals surface area (Å²) in [5, 5.41) is 13.1. The quantitative estimate of drug-likeness (QED) is 0.519. The molecule has 0 fully saturated rings. The molecule has 0 spiro atoms. The van der Waals surface area contributed by atoms with Crippen LogP contribution in [0, 0.1) is 5.82 Å². The lowest BCUT2D eigenvalue weighted by molar-refractivity contribution is 0.100. The second-order valence-electron chi connectivity index (χ2n) is 6.66. The van der Waals surface area contributed by atoms with Crippen molar-refractivity contribution < 1.29 is 19.0 Å². The number of aliphatic hydroxyl groups is 1. The van der Waals surface area contributed by atoms with E-state index in [4.69, 9.17) is 10.5 Å². The van der Waals surface area contributed by atoms with Crippen LogP contribution in [-0.4, -0.2) is 29.2 Å². The first-order valence-electron chi connectivity index (χ1n) is 8.99. The molecular formula is C21H22FN3O3S. The van der Waals surface area contributed by atoms with Gasteiger partial charge in [0.05, 0.1) is 24.0 Å². The summed E-state index contributed by atoms with van der Waals surface area (Å²) in [5.41, 5.74) is 7.57. The molecule has 4 N–H and O–H groups in total. The van der Waals surface area contributed by atoms with Crippen LogP contribution < -0.4 is 11.1 Å². The number of halogens is 1. The molecule has 2 heterocycles. The first-order chi connectivity index (χ1) is 13.9. The molecule has 0 radical (unpaired) electrons. The fourth-order valence-electron chi connectivity index (χ4n) is 2.92. The highest BCUT2D eigenvalue weighted by molar-refractivity contribution is 7.19. The number of carbonyl (C=O) groups excluding carboxylic acids is 1. The average Bonchev–Trinajstić information content (AvgIpc) is 3.05. The predicted molar refractivity (Wildman–Crippen MR) is 112 cm³/mol. The van der Waals surface area contributed by atoms with Gasteiger partial charge >= 0.3 is 0 Å². The summed E-state index contributed by atoms with van der Waals surface area (Å²) in [6, 6.07) is 11.8. The molecule has 152 valence electrons. The SMILES string of the molecule is COCc1cccc(Nc2sc(-c3ccc(CC(C)O)cc3F)cc2C(N)=O)n1. The van der Waals surface area contributed by atoms with Crippen LogP contribution in [0.3, 0.4) is 0 Å². The van der Waals surface area contributed by atoms with E-state index in [2.05, 4.69) is 10.3 Å². The van der Waals surface area contributed by atoms with Gasteiger partial charge in [0.15, 0.2) is 0 Å². The summed E-state index contributed by atoms with van der Waals surface area (Å²) in [7, 11) is 1.58. The number of ether oxygens (including phenoxy) is 1. The van der Waals surface area contributed by atoms with Crippen molar-refractivity contribution in [1.29, 1.82) is 0 Å². The van der Waals surface area contributed by atoms with Gasteiger partial charge in [-0.25, -0.2) is 9.37 Å². The van der Waals surface area contributed by atoms with Gasteiger partial charge in [0.1, 0.15) is 16.6 Å². The van der Waals surface area contributed by atoms with Crippen molar-refractivity contribution in [1.82, 2.24) is 4.98 Å². The number of pyridine rings is 1. The van der Waals surface area contributed by atoms with E-state index in [-0.39, 0.29) is 5.56 Å². The number of nitrogens with one attached hydrogen (secondary N) is 1. The van der Waals surface area contributed by atoms with Crippen molar-refractivity contribution in [3.8, 4) is 10.4 Å². The van der Waals surface area contributed by atoms with Gasteiger partial charge in [0, 0.05) is 17.6 Å². The summed E-state index contributed by atoms with van der Waals surface area (Å²) in [6.07, 6.45) is -0.189. The van der Waals surface area contributed by atoms with E-state index < -0.39 is 17.8 Å². The van der Waals surface area contributed by atoms with Crippen molar-refractivity contribution in [2.24, 2.45) is 5.73 Å². The molecule has 8 heteroatoms. The van der Waals surface area contributed by atoms with Gasteiger partial charge in [0.2, 0.25) is 0 Å². The van der Waals surface area contributed by atoms with Gasteiger partial charge in [-0.1, -0.05) is 18.2 Å². The van der Waals surface area contributed by atoms with Crippen molar-refractivity contribution >= 4 is 28.1 Å². The summed E-state index contributed by atoms with van der Waals surface area (Å²) < 4.78 is 19.7. The molecule has 0 aliphatic rings. The number of thiophene rings is 1. The molecule has 0 aliphatic heterocycles. The minimum atomic E-state index is -0.617. The fourth-order valence-corrected chi connectivity index (χ4v) is 4.02. The largest absolute Gasteiger partial charge is 0.393 e. The lowest BCUT2D eigenvalue weighted by atomic mass is 10.0. The molecule has 1 amide bonds. The molecule has 0 bridgehead atoms. The van der Waals surface area contributed by atoms with Crippen molar-refractivity contribution in [3.05, 3.63) is 65.1 Å². The smallest absolute Gasteiger partial charge is 0.251 e. The standard InChI is InChI=1S/C21H22FN3O3S/c1-12(26)8-13-6-7-15(17(22)9-13)18-10-16(20(23)27)21(29-18)25-19-5-3-4-14(24-19)11-28-2/h3-7,9-10,12,26H,8,11H2,1-2H3,(H2,23,27)(H,24,25). The maximum atomic E-state index is 14.7. The molecule has 29 heavy (non-hydrogen) atoms. The highest BCUT2D eigenvalue weighted by atomic mass is 32.1. The summed E-state index contributed by atoms with van der Waals surface area (Å²) in [6.45, 7) is 2.01. The fraction of sp³-hybridized carbons (Fsp3) is 0.238. The Morgan fingerprint density at radius 1 is 1.34 bits per heavy atom. The van der Waals surface area contributed by atoms with Crippen molar-refractivity contribution in [2.75, 3.05) is 12.4 Å². The topological polar surface area (TPSA) is 97.5 Å². The van der Waals surface area contributed by atoms with Crippen LogP contribution in [0.5, 0.6) is 0 Å². The van der Waals surface area contributed by atoms with E-state index in [1.54, 1.807) is 38.3 Å². The van der Waals surface area contributed by atoms with E-state index in [1.165, 1.54) is 17.4 Å². The van der Waals surface area contributed by atoms with Crippen molar-refractivity contribution in [3.63, 3.8) is 0 Å². The molecule has 0 saturated heterocycles. The summed E-state index contributed by atoms with van der Waals surface area (Å²) in [4.78, 5) is 16.9. The number of rotatable bonds is 8. The van der Waals surface area contributed by atoms with Crippen LogP contribution in [-0.2, 0) is 17.8 Å². The number of amides is 1. The molecular weight excluding hydrogens is 393 g/mol. The van der Waals surface area contributed by atoms with Gasteiger partial charge in [-0.3, -0.25) is 4.79 Å². The Balaban J connectivity index is 1.93. The highest BCUT2D eigenvalue weighted by Gasteiger charge is 2.18. The zero-order valence-corrected chi connectivity index (χ0v) is 16.9. The van der Waals surface area contributed by atoms with Gasteiger partial charge in [-0.05, 0) is 43.2 Å². The third kappa shape index (κ3) is 5.17. The number of nitrogens with zero attached hydrogens (tertiary/aromatic N) is 1. The third-order valence-corrected chi connectivity index (χ3v) is 5.25. The van der Waals surface area contributed by atoms with E-state index in [0.29, 0.717) is 39.9 Å². The zero-order chi connectivity index (χ0) is 21.0. The number of hydrogen-bond acceptors (Lipinski definition) is 6. The van der Waals surface area contributed by atoms with Gasteiger partial charge in [-0.2, -0.15) is 0 Å². The van der Waals surface area contributed by atoms with E-state index in [9.17, 15) is 14.3 Å². The maximum Gasteiger partial charge on any atom is 0.251 e. The van der Waals surface area contributed by atoms with Crippen molar-refractivity contribution in [2.45, 2.75) is 26.1 Å². The molecule has 3 aromatic rings. The van der Waals surface area contributed by atoms with Crippen LogP contribution in [0.25, 0.3) is 10.4 Å². The summed E-state index contributed by atoms with van der Waals surface area (Å²) in [5.74, 6) is -0.510. The molecule has 1 atom stereocenters. The Morgan fingerprint density at radius 2 is 2.14 bits per heavy atom. The van der Waals surface area contributed by atoms with Gasteiger partial charge < -0.3 is 20.9 Å².